The van der Waals surface area contributed by atoms with Gasteiger partial charge in [0.1, 0.15) is 5.75 Å². The van der Waals surface area contributed by atoms with Crippen molar-refractivity contribution in [1.82, 2.24) is 4.90 Å². The summed E-state index contributed by atoms with van der Waals surface area (Å²) in [7, 11) is -4.34. The first-order chi connectivity index (χ1) is 17.5. The van der Waals surface area contributed by atoms with Crippen LogP contribution in [0.15, 0.2) is 54.6 Å². The molecule has 6 nitrogen and oxygen atoms in total. The summed E-state index contributed by atoms with van der Waals surface area (Å²) in [5.74, 6) is -0.771. The summed E-state index contributed by atoms with van der Waals surface area (Å²) in [4.78, 5) is 15.0. The molecule has 0 N–H and O–H groups in total. The Morgan fingerprint density at radius 3 is 2.54 bits per heavy atom. The molecule has 3 unspecified atom stereocenters. The second-order valence-electron chi connectivity index (χ2n) is 10.1. The van der Waals surface area contributed by atoms with Crippen LogP contribution in [-0.4, -0.2) is 51.0 Å². The summed E-state index contributed by atoms with van der Waals surface area (Å²) in [6, 6.07) is 16.0. The minimum Gasteiger partial charge on any atom is -0.469 e. The molecule has 10 heteroatoms. The predicted molar refractivity (Wildman–Crippen MR) is 132 cm³/mol. The zero-order valence-electron chi connectivity index (χ0n) is 20.9. The maximum absolute atomic E-state index is 12.9. The van der Waals surface area contributed by atoms with Gasteiger partial charge in [-0.15, -0.1) is 0 Å². The van der Waals surface area contributed by atoms with Crippen LogP contribution in [0.5, 0.6) is 5.75 Å². The molecule has 1 aliphatic heterocycles. The van der Waals surface area contributed by atoms with Gasteiger partial charge in [0.2, 0.25) is 0 Å². The molecule has 2 aromatic carbocycles. The Hall–Kier alpha value is -2.59. The number of carbonyl (C=O) groups excluding carboxylic acids is 1. The fourth-order valence-corrected chi connectivity index (χ4v) is 6.67. The van der Waals surface area contributed by atoms with Crippen molar-refractivity contribution in [3.05, 3.63) is 65.7 Å². The molecule has 4 rings (SSSR count). The molecule has 0 amide bonds. The van der Waals surface area contributed by atoms with Crippen molar-refractivity contribution in [2.75, 3.05) is 20.2 Å². The monoisotopic (exact) mass is 539 g/mol. The number of hydrogen-bond acceptors (Lipinski definition) is 6. The average Bonchev–Trinajstić information content (AvgIpc) is 2.85. The summed E-state index contributed by atoms with van der Waals surface area (Å²) in [6.07, 6.45) is 4.01. The zero-order chi connectivity index (χ0) is 26.8. The van der Waals surface area contributed by atoms with Gasteiger partial charge in [0.15, 0.2) is 0 Å². The summed E-state index contributed by atoms with van der Waals surface area (Å²) in [5, 5.41) is 0. The van der Waals surface area contributed by atoms with E-state index in [1.165, 1.54) is 19.2 Å². The minimum atomic E-state index is -5.75. The quantitative estimate of drug-likeness (QED) is 0.265. The van der Waals surface area contributed by atoms with Crippen molar-refractivity contribution in [3.8, 4) is 5.75 Å². The molecule has 37 heavy (non-hydrogen) atoms. The van der Waals surface area contributed by atoms with Gasteiger partial charge < -0.3 is 8.92 Å². The summed E-state index contributed by atoms with van der Waals surface area (Å²) < 4.78 is 71.2. The number of piperidine rings is 1. The second-order valence-corrected chi connectivity index (χ2v) is 11.6. The first kappa shape index (κ1) is 27.4. The highest BCUT2D eigenvalue weighted by Gasteiger charge is 2.51. The number of carbonyl (C=O) groups is 1. The fraction of sp³-hybridized carbons (Fsp3) is 0.519. The van der Waals surface area contributed by atoms with Gasteiger partial charge in [0.05, 0.1) is 13.0 Å². The lowest BCUT2D eigenvalue weighted by atomic mass is 9.57. The van der Waals surface area contributed by atoms with Gasteiger partial charge in [-0.1, -0.05) is 55.8 Å². The van der Waals surface area contributed by atoms with E-state index in [0.717, 1.165) is 36.8 Å². The van der Waals surface area contributed by atoms with E-state index in [0.29, 0.717) is 19.5 Å². The zero-order valence-corrected chi connectivity index (χ0v) is 21.7. The lowest BCUT2D eigenvalue weighted by Crippen LogP contribution is -2.58. The van der Waals surface area contributed by atoms with E-state index in [1.807, 2.05) is 36.4 Å². The van der Waals surface area contributed by atoms with Gasteiger partial charge in [-0.2, -0.15) is 21.6 Å². The van der Waals surface area contributed by atoms with Crippen LogP contribution in [0.25, 0.3) is 0 Å². The Morgan fingerprint density at radius 2 is 1.86 bits per heavy atom. The van der Waals surface area contributed by atoms with E-state index >= 15 is 0 Å². The third kappa shape index (κ3) is 5.65. The van der Waals surface area contributed by atoms with Crippen LogP contribution in [0, 0.1) is 11.8 Å². The highest BCUT2D eigenvalue weighted by Crippen LogP contribution is 2.51. The molecule has 1 saturated heterocycles. The van der Waals surface area contributed by atoms with Crippen molar-refractivity contribution < 1.29 is 35.3 Å². The maximum Gasteiger partial charge on any atom is 0.534 e. The Kier molecular flexibility index (Phi) is 7.90. The van der Waals surface area contributed by atoms with Gasteiger partial charge in [-0.3, -0.25) is 9.69 Å². The first-order valence-corrected chi connectivity index (χ1v) is 13.8. The van der Waals surface area contributed by atoms with Crippen LogP contribution in [0.4, 0.5) is 13.2 Å². The predicted octanol–water partition coefficient (Wildman–Crippen LogP) is 5.08. The largest absolute Gasteiger partial charge is 0.534 e. The minimum absolute atomic E-state index is 0.138. The van der Waals surface area contributed by atoms with Crippen molar-refractivity contribution in [2.45, 2.75) is 56.0 Å². The number of nitrogens with zero attached hydrogens (tertiary/aromatic N) is 1. The number of fused-ring (bicyclic) bond motifs is 2. The van der Waals surface area contributed by atoms with Crippen molar-refractivity contribution >= 4 is 16.1 Å². The molecule has 2 aromatic rings. The van der Waals surface area contributed by atoms with E-state index in [1.54, 1.807) is 6.07 Å². The molecule has 1 aliphatic carbocycles. The Morgan fingerprint density at radius 1 is 1.14 bits per heavy atom. The molecule has 1 saturated carbocycles. The van der Waals surface area contributed by atoms with E-state index in [9.17, 15) is 26.4 Å². The summed E-state index contributed by atoms with van der Waals surface area (Å²) in [6.45, 7) is 3.41. The summed E-state index contributed by atoms with van der Waals surface area (Å²) >= 11 is 0. The Bertz CT molecular complexity index is 1200. The number of likely N-dealkylation sites (tertiary alicyclic amines) is 1. The molecule has 2 bridgehead atoms. The molecule has 2 fully saturated rings. The number of benzene rings is 2. The average molecular weight is 540 g/mol. The number of rotatable bonds is 8. The van der Waals surface area contributed by atoms with Crippen molar-refractivity contribution in [1.29, 1.82) is 0 Å². The molecular formula is C27H32F3NO5S. The van der Waals surface area contributed by atoms with E-state index < -0.39 is 15.6 Å². The van der Waals surface area contributed by atoms with Gasteiger partial charge in [0, 0.05) is 18.0 Å². The molecule has 4 atom stereocenters. The highest BCUT2D eigenvalue weighted by atomic mass is 32.2. The molecule has 0 spiro atoms. The van der Waals surface area contributed by atoms with Crippen molar-refractivity contribution in [2.24, 2.45) is 11.8 Å². The maximum atomic E-state index is 12.9. The fourth-order valence-electron chi connectivity index (χ4n) is 6.21. The third-order valence-corrected chi connectivity index (χ3v) is 9.08. The van der Waals surface area contributed by atoms with E-state index in [-0.39, 0.29) is 35.0 Å². The van der Waals surface area contributed by atoms with Gasteiger partial charge in [0.25, 0.3) is 0 Å². The van der Waals surface area contributed by atoms with Gasteiger partial charge in [-0.25, -0.2) is 0 Å². The van der Waals surface area contributed by atoms with Crippen LogP contribution in [0.1, 0.15) is 43.7 Å². The Labute approximate surface area is 215 Å². The van der Waals surface area contributed by atoms with Crippen LogP contribution in [-0.2, 0) is 31.5 Å². The number of hydrogen-bond donors (Lipinski definition) is 0. The lowest BCUT2D eigenvalue weighted by molar-refractivity contribution is -0.147. The van der Waals surface area contributed by atoms with Crippen LogP contribution in [0.2, 0.25) is 0 Å². The molecule has 0 aromatic heterocycles. The number of ether oxygens (including phenoxy) is 1. The van der Waals surface area contributed by atoms with E-state index in [2.05, 4.69) is 16.0 Å². The second kappa shape index (κ2) is 10.6. The van der Waals surface area contributed by atoms with Crippen LogP contribution >= 0.6 is 0 Å². The van der Waals surface area contributed by atoms with E-state index in [4.69, 9.17) is 4.74 Å². The highest BCUT2D eigenvalue weighted by molar-refractivity contribution is 7.88. The number of methoxy groups -OCH3 is 1. The molecule has 2 aliphatic rings. The van der Waals surface area contributed by atoms with Crippen LogP contribution < -0.4 is 4.18 Å². The first-order valence-electron chi connectivity index (χ1n) is 12.4. The number of esters is 1. The SMILES string of the molecule is COC(=O)C(Cc1ccccc1)CN1CCC2(c3cccc(OS(=O)(=O)C(F)(F)F)c3)CCCC1[C@@H]2C. The third-order valence-electron chi connectivity index (χ3n) is 8.10. The van der Waals surface area contributed by atoms with Gasteiger partial charge >= 0.3 is 21.6 Å². The molecule has 1 heterocycles. The lowest BCUT2D eigenvalue weighted by Gasteiger charge is -2.56. The smallest absolute Gasteiger partial charge is 0.469 e. The molecular weight excluding hydrogens is 507 g/mol. The summed E-state index contributed by atoms with van der Waals surface area (Å²) in [5.41, 5.74) is -3.97. The molecule has 202 valence electrons. The standard InChI is InChI=1S/C27H32F3NO5S/c1-19-24-12-7-13-26(19,22-10-6-11-23(17-22)36-37(33,34)27(28,29)30)14-15-31(24)18-21(25(32)35-2)16-20-8-4-3-5-9-20/h3-6,8-11,17,19,21,24H,7,12-16,18H2,1-2H3/t19-,21?,24?,26?/m0/s1. The van der Waals surface area contributed by atoms with Crippen molar-refractivity contribution in [3.63, 3.8) is 0 Å². The number of halogens is 3. The van der Waals surface area contributed by atoms with Crippen LogP contribution in [0.3, 0.4) is 0 Å². The van der Waals surface area contributed by atoms with Gasteiger partial charge in [-0.05, 0) is 61.4 Å². The number of alkyl halides is 3. The normalized spacial score (nSPS) is 25.3. The molecule has 0 radical (unpaired) electrons. The Balaban J connectivity index is 1.55. The topological polar surface area (TPSA) is 72.9 Å².